The minimum absolute atomic E-state index is 0.0355. The van der Waals surface area contributed by atoms with E-state index in [0.29, 0.717) is 13.0 Å². The molecule has 1 aromatic rings. The van der Waals surface area contributed by atoms with E-state index in [9.17, 15) is 19.5 Å². The van der Waals surface area contributed by atoms with Gasteiger partial charge in [0, 0.05) is 31.6 Å². The van der Waals surface area contributed by atoms with Crippen molar-refractivity contribution in [3.05, 3.63) is 35.9 Å². The van der Waals surface area contributed by atoms with Crippen molar-refractivity contribution in [2.75, 3.05) is 6.54 Å². The molecule has 3 amide bonds. The van der Waals surface area contributed by atoms with Gasteiger partial charge in [-0.15, -0.1) is 0 Å². The number of nitrogens with zero attached hydrogens (tertiary/aromatic N) is 2. The fourth-order valence-electron chi connectivity index (χ4n) is 5.08. The van der Waals surface area contributed by atoms with Crippen molar-refractivity contribution in [1.82, 2.24) is 20.4 Å². The third-order valence-corrected chi connectivity index (χ3v) is 6.27. The second-order valence-electron chi connectivity index (χ2n) is 10.0. The number of nitrogens with one attached hydrogen (secondary N) is 2. The highest BCUT2D eigenvalue weighted by atomic mass is 16.4. The zero-order chi connectivity index (χ0) is 23.5. The third kappa shape index (κ3) is 6.00. The van der Waals surface area contributed by atoms with E-state index >= 15 is 0 Å². The smallest absolute Gasteiger partial charge is 0.408 e. The molecule has 0 radical (unpaired) electrons. The lowest BCUT2D eigenvalue weighted by atomic mass is 9.84. The number of benzene rings is 1. The summed E-state index contributed by atoms with van der Waals surface area (Å²) in [5, 5.41) is 16.5. The van der Waals surface area contributed by atoms with Crippen molar-refractivity contribution in [1.29, 1.82) is 0 Å². The summed E-state index contributed by atoms with van der Waals surface area (Å²) < 4.78 is 0. The van der Waals surface area contributed by atoms with Gasteiger partial charge in [-0.05, 0) is 52.0 Å². The lowest BCUT2D eigenvalue weighted by Gasteiger charge is -2.43. The summed E-state index contributed by atoms with van der Waals surface area (Å²) in [6, 6.07) is 8.61. The van der Waals surface area contributed by atoms with E-state index in [2.05, 4.69) is 31.4 Å². The van der Waals surface area contributed by atoms with Crippen LogP contribution in [0.1, 0.15) is 58.9 Å². The van der Waals surface area contributed by atoms with Crippen molar-refractivity contribution in [3.63, 3.8) is 0 Å². The van der Waals surface area contributed by atoms with E-state index in [1.54, 1.807) is 4.90 Å². The van der Waals surface area contributed by atoms with Gasteiger partial charge in [-0.2, -0.15) is 0 Å². The van der Waals surface area contributed by atoms with Gasteiger partial charge in [0.15, 0.2) is 0 Å². The van der Waals surface area contributed by atoms with Crippen LogP contribution in [-0.4, -0.2) is 69.1 Å². The van der Waals surface area contributed by atoms with Crippen LogP contribution in [0.4, 0.5) is 4.79 Å². The zero-order valence-electron chi connectivity index (χ0n) is 19.5. The van der Waals surface area contributed by atoms with E-state index in [1.807, 2.05) is 30.3 Å². The average molecular weight is 445 g/mol. The van der Waals surface area contributed by atoms with Crippen LogP contribution >= 0.6 is 0 Å². The van der Waals surface area contributed by atoms with Gasteiger partial charge in [0.1, 0.15) is 6.04 Å². The molecule has 1 aliphatic heterocycles. The Kier molecular flexibility index (Phi) is 7.44. The Balaban J connectivity index is 1.73. The predicted molar refractivity (Wildman–Crippen MR) is 122 cm³/mol. The van der Waals surface area contributed by atoms with Crippen LogP contribution in [-0.2, 0) is 16.1 Å². The third-order valence-electron chi connectivity index (χ3n) is 6.27. The molecule has 0 aromatic heterocycles. The molecule has 0 spiro atoms. The van der Waals surface area contributed by atoms with Crippen LogP contribution in [0.3, 0.4) is 0 Å². The van der Waals surface area contributed by atoms with Crippen molar-refractivity contribution in [2.24, 2.45) is 0 Å². The molecule has 3 N–H and O–H groups in total. The molecule has 32 heavy (non-hydrogen) atoms. The van der Waals surface area contributed by atoms with Gasteiger partial charge in [-0.1, -0.05) is 30.3 Å². The fraction of sp³-hybridized carbons (Fsp3) is 0.625. The minimum Gasteiger partial charge on any atom is -0.465 e. The molecular weight excluding hydrogens is 408 g/mol. The molecule has 0 bridgehead atoms. The Morgan fingerprint density at radius 2 is 1.84 bits per heavy atom. The Morgan fingerprint density at radius 3 is 2.44 bits per heavy atom. The number of hydrogen-bond acceptors (Lipinski definition) is 4. The van der Waals surface area contributed by atoms with Crippen molar-refractivity contribution < 1.29 is 19.5 Å². The molecule has 1 unspecified atom stereocenters. The summed E-state index contributed by atoms with van der Waals surface area (Å²) in [5.41, 5.74) is 0.817. The highest BCUT2D eigenvalue weighted by Crippen LogP contribution is 2.30. The van der Waals surface area contributed by atoms with Crippen LogP contribution in [0.5, 0.6) is 0 Å². The number of hydrogen-bond donors (Lipinski definition) is 3. The van der Waals surface area contributed by atoms with Crippen molar-refractivity contribution in [3.8, 4) is 0 Å². The maximum Gasteiger partial charge on any atom is 0.408 e. The SMILES string of the molecule is CC(=O)N[C@@H]1C[C@H](NC(C)(C)C)CC[C@@H]1N1CCC(N(Cc2ccccc2)C(=O)O)C1=O. The van der Waals surface area contributed by atoms with Crippen LogP contribution < -0.4 is 10.6 Å². The van der Waals surface area contributed by atoms with E-state index in [4.69, 9.17) is 0 Å². The Morgan fingerprint density at radius 1 is 1.16 bits per heavy atom. The first-order valence-electron chi connectivity index (χ1n) is 11.4. The zero-order valence-corrected chi connectivity index (χ0v) is 19.5. The number of carbonyl (C=O) groups excluding carboxylic acids is 2. The number of rotatable bonds is 6. The summed E-state index contributed by atoms with van der Waals surface area (Å²) in [4.78, 5) is 40.3. The molecule has 4 atom stereocenters. The molecular formula is C24H36N4O4. The monoisotopic (exact) mass is 444 g/mol. The number of amides is 3. The number of carbonyl (C=O) groups is 3. The molecule has 2 fully saturated rings. The van der Waals surface area contributed by atoms with E-state index in [1.165, 1.54) is 11.8 Å². The van der Waals surface area contributed by atoms with E-state index < -0.39 is 12.1 Å². The molecule has 3 rings (SSSR count). The second-order valence-corrected chi connectivity index (χ2v) is 10.0. The molecule has 1 heterocycles. The van der Waals surface area contributed by atoms with E-state index in [-0.39, 0.29) is 42.0 Å². The summed E-state index contributed by atoms with van der Waals surface area (Å²) >= 11 is 0. The summed E-state index contributed by atoms with van der Waals surface area (Å²) in [5.74, 6) is -0.276. The Hall–Kier alpha value is -2.61. The topological polar surface area (TPSA) is 102 Å². The lowest BCUT2D eigenvalue weighted by molar-refractivity contribution is -0.136. The summed E-state index contributed by atoms with van der Waals surface area (Å²) in [6.07, 6.45) is 1.78. The molecule has 1 aliphatic carbocycles. The van der Waals surface area contributed by atoms with Crippen LogP contribution in [0.15, 0.2) is 30.3 Å². The first-order valence-corrected chi connectivity index (χ1v) is 11.4. The summed E-state index contributed by atoms with van der Waals surface area (Å²) in [6.45, 7) is 8.54. The van der Waals surface area contributed by atoms with E-state index in [0.717, 1.165) is 24.8 Å². The highest BCUT2D eigenvalue weighted by molar-refractivity contribution is 5.87. The average Bonchev–Trinajstić information content (AvgIpc) is 3.06. The van der Waals surface area contributed by atoms with Gasteiger partial charge in [0.05, 0.1) is 12.1 Å². The molecule has 1 aromatic carbocycles. The van der Waals surface area contributed by atoms with Gasteiger partial charge >= 0.3 is 6.09 Å². The predicted octanol–water partition coefficient (Wildman–Crippen LogP) is 2.58. The molecule has 1 saturated heterocycles. The maximum absolute atomic E-state index is 13.4. The fourth-order valence-corrected chi connectivity index (χ4v) is 5.08. The lowest BCUT2D eigenvalue weighted by Crippen LogP contribution is -2.59. The Labute approximate surface area is 190 Å². The van der Waals surface area contributed by atoms with Gasteiger partial charge in [-0.25, -0.2) is 4.79 Å². The van der Waals surface area contributed by atoms with Gasteiger partial charge in [0.25, 0.3) is 0 Å². The van der Waals surface area contributed by atoms with Crippen molar-refractivity contribution >= 4 is 17.9 Å². The normalized spacial score (nSPS) is 26.1. The standard InChI is InChI=1S/C24H36N4O4/c1-16(29)25-19-14-18(26-24(2,3)4)10-11-20(19)27-13-12-21(22(27)30)28(23(31)32)15-17-8-6-5-7-9-17/h5-9,18-21,26H,10-15H2,1-4H3,(H,25,29)(H,31,32)/t18-,19-,20+,21?/m1/s1. The van der Waals surface area contributed by atoms with Crippen molar-refractivity contribution in [2.45, 2.75) is 89.6 Å². The Bertz CT molecular complexity index is 823. The number of likely N-dealkylation sites (tertiary alicyclic amines) is 1. The number of carboxylic acid groups (broad SMARTS) is 1. The maximum atomic E-state index is 13.4. The summed E-state index contributed by atoms with van der Waals surface area (Å²) in [7, 11) is 0. The quantitative estimate of drug-likeness (QED) is 0.626. The van der Waals surface area contributed by atoms with Crippen LogP contribution in [0, 0.1) is 0 Å². The molecule has 1 saturated carbocycles. The highest BCUT2D eigenvalue weighted by Gasteiger charge is 2.45. The van der Waals surface area contributed by atoms with Crippen LogP contribution in [0.25, 0.3) is 0 Å². The second kappa shape index (κ2) is 9.90. The first-order chi connectivity index (χ1) is 15.0. The largest absolute Gasteiger partial charge is 0.465 e. The minimum atomic E-state index is -1.09. The first kappa shape index (κ1) is 24.0. The molecule has 2 aliphatic rings. The van der Waals surface area contributed by atoms with Crippen LogP contribution in [0.2, 0.25) is 0 Å². The molecule has 8 heteroatoms. The molecule has 176 valence electrons. The van der Waals surface area contributed by atoms with Gasteiger partial charge in [0.2, 0.25) is 11.8 Å². The van der Waals surface area contributed by atoms with Gasteiger partial charge in [-0.3, -0.25) is 14.5 Å². The van der Waals surface area contributed by atoms with Gasteiger partial charge < -0.3 is 20.6 Å². The molecule has 8 nitrogen and oxygen atoms in total.